The van der Waals surface area contributed by atoms with Gasteiger partial charge in [0.25, 0.3) is 5.91 Å². The van der Waals surface area contributed by atoms with Gasteiger partial charge in [0.1, 0.15) is 11.5 Å². The van der Waals surface area contributed by atoms with E-state index in [-0.39, 0.29) is 11.8 Å². The van der Waals surface area contributed by atoms with Crippen LogP contribution in [0.15, 0.2) is 18.3 Å². The summed E-state index contributed by atoms with van der Waals surface area (Å²) in [7, 11) is 1.70. The highest BCUT2D eigenvalue weighted by Gasteiger charge is 2.24. The molecule has 158 valence electrons. The third kappa shape index (κ3) is 4.37. The van der Waals surface area contributed by atoms with Crippen LogP contribution in [-0.2, 0) is 16.0 Å². The van der Waals surface area contributed by atoms with Gasteiger partial charge in [-0.15, -0.1) is 0 Å². The summed E-state index contributed by atoms with van der Waals surface area (Å²) in [6.07, 6.45) is 2.71. The van der Waals surface area contributed by atoms with Gasteiger partial charge in [0, 0.05) is 59.5 Å². The van der Waals surface area contributed by atoms with Gasteiger partial charge in [0.2, 0.25) is 5.91 Å². The van der Waals surface area contributed by atoms with Crippen LogP contribution in [0.25, 0.3) is 5.65 Å². The lowest BCUT2D eigenvalue weighted by Gasteiger charge is -2.34. The molecule has 3 rings (SSSR count). The molecule has 2 aromatic rings. The van der Waals surface area contributed by atoms with E-state index in [1.165, 1.54) is 0 Å². The first-order valence-corrected chi connectivity index (χ1v) is 10.3. The molecule has 0 aromatic carbocycles. The molecule has 0 saturated carbocycles. The Morgan fingerprint density at radius 3 is 2.41 bits per heavy atom. The first kappa shape index (κ1) is 21.1. The maximum atomic E-state index is 13.1. The summed E-state index contributed by atoms with van der Waals surface area (Å²) in [5.41, 5.74) is 2.49. The number of fused-ring (bicyclic) bond motifs is 1. The number of rotatable bonds is 7. The fourth-order valence-electron chi connectivity index (χ4n) is 3.80. The number of ether oxygens (including phenoxy) is 1. The van der Waals surface area contributed by atoms with E-state index in [9.17, 15) is 9.59 Å². The van der Waals surface area contributed by atoms with Crippen molar-refractivity contribution in [1.29, 1.82) is 0 Å². The van der Waals surface area contributed by atoms with Crippen molar-refractivity contribution in [1.82, 2.24) is 19.2 Å². The average Bonchev–Trinajstić information content (AvgIpc) is 3.11. The number of amides is 2. The summed E-state index contributed by atoms with van der Waals surface area (Å²) >= 11 is 0. The van der Waals surface area contributed by atoms with E-state index in [4.69, 9.17) is 9.72 Å². The highest BCUT2D eigenvalue weighted by atomic mass is 16.5. The molecule has 0 N–H and O–H groups in total. The SMILES string of the molecule is CCc1nc2ccc(C(=O)N3CCN(C(C)=O)CC3)cn2c1N(CC)CCOC. The first-order chi connectivity index (χ1) is 14.0. The molecular weight excluding hydrogens is 370 g/mol. The van der Waals surface area contributed by atoms with Crippen LogP contribution in [0.3, 0.4) is 0 Å². The molecule has 3 heterocycles. The number of carbonyl (C=O) groups is 2. The zero-order valence-electron chi connectivity index (χ0n) is 17.8. The number of aromatic nitrogens is 2. The molecule has 29 heavy (non-hydrogen) atoms. The van der Waals surface area contributed by atoms with Gasteiger partial charge in [0.05, 0.1) is 17.9 Å². The van der Waals surface area contributed by atoms with Crippen LogP contribution in [0.4, 0.5) is 5.82 Å². The van der Waals surface area contributed by atoms with E-state index in [1.807, 2.05) is 27.6 Å². The van der Waals surface area contributed by atoms with Crippen LogP contribution in [0.1, 0.15) is 36.8 Å². The van der Waals surface area contributed by atoms with Gasteiger partial charge in [-0.2, -0.15) is 0 Å². The first-order valence-electron chi connectivity index (χ1n) is 10.3. The van der Waals surface area contributed by atoms with Crippen molar-refractivity contribution >= 4 is 23.3 Å². The standard InChI is InChI=1S/C21H31N5O3/c1-5-18-20(23(6-2)13-14-29-4)26-15-17(7-8-19(26)22-18)21(28)25-11-9-24(10-12-25)16(3)27/h7-8,15H,5-6,9-14H2,1-4H3. The van der Waals surface area contributed by atoms with Gasteiger partial charge in [-0.3, -0.25) is 14.0 Å². The maximum absolute atomic E-state index is 13.1. The van der Waals surface area contributed by atoms with Gasteiger partial charge in [-0.25, -0.2) is 4.98 Å². The minimum atomic E-state index is -0.00672. The lowest BCUT2D eigenvalue weighted by atomic mass is 10.2. The number of pyridine rings is 1. The van der Waals surface area contributed by atoms with Crippen molar-refractivity contribution in [2.24, 2.45) is 0 Å². The van der Waals surface area contributed by atoms with Gasteiger partial charge in [-0.1, -0.05) is 6.92 Å². The summed E-state index contributed by atoms with van der Waals surface area (Å²) in [6, 6.07) is 3.75. The van der Waals surface area contributed by atoms with Crippen LogP contribution in [0.2, 0.25) is 0 Å². The molecule has 1 aliphatic rings. The molecule has 0 unspecified atom stereocenters. The molecule has 0 spiro atoms. The van der Waals surface area contributed by atoms with E-state index in [2.05, 4.69) is 18.7 Å². The smallest absolute Gasteiger partial charge is 0.255 e. The number of likely N-dealkylation sites (N-methyl/N-ethyl adjacent to an activating group) is 1. The predicted molar refractivity (Wildman–Crippen MR) is 112 cm³/mol. The Morgan fingerprint density at radius 1 is 1.14 bits per heavy atom. The number of aryl methyl sites for hydroxylation is 1. The van der Waals surface area contributed by atoms with Crippen LogP contribution in [0.5, 0.6) is 0 Å². The summed E-state index contributed by atoms with van der Waals surface area (Å²) in [5, 5.41) is 0. The highest BCUT2D eigenvalue weighted by molar-refractivity contribution is 5.94. The fourth-order valence-corrected chi connectivity index (χ4v) is 3.80. The lowest BCUT2D eigenvalue weighted by Crippen LogP contribution is -2.50. The maximum Gasteiger partial charge on any atom is 0.255 e. The third-order valence-electron chi connectivity index (χ3n) is 5.50. The van der Waals surface area contributed by atoms with Crippen LogP contribution in [0, 0.1) is 0 Å². The zero-order valence-corrected chi connectivity index (χ0v) is 17.8. The van der Waals surface area contributed by atoms with Gasteiger partial charge < -0.3 is 19.4 Å². The Bertz CT molecular complexity index is 871. The lowest BCUT2D eigenvalue weighted by molar-refractivity contribution is -0.130. The topological polar surface area (TPSA) is 70.4 Å². The van der Waals surface area contributed by atoms with Crippen LogP contribution in [-0.4, -0.2) is 84.0 Å². The largest absolute Gasteiger partial charge is 0.383 e. The molecule has 8 nitrogen and oxygen atoms in total. The minimum absolute atomic E-state index is 0.00672. The number of hydrogen-bond donors (Lipinski definition) is 0. The second-order valence-electron chi connectivity index (χ2n) is 7.25. The number of nitrogens with zero attached hydrogens (tertiary/aromatic N) is 5. The monoisotopic (exact) mass is 401 g/mol. The molecular formula is C21H31N5O3. The molecule has 8 heteroatoms. The van der Waals surface area contributed by atoms with Gasteiger partial charge in [0.15, 0.2) is 0 Å². The molecule has 1 fully saturated rings. The van der Waals surface area contributed by atoms with Gasteiger partial charge >= 0.3 is 0 Å². The number of imidazole rings is 1. The molecule has 0 atom stereocenters. The Hall–Kier alpha value is -2.61. The summed E-state index contributed by atoms with van der Waals surface area (Å²) in [5.74, 6) is 1.08. The number of hydrogen-bond acceptors (Lipinski definition) is 5. The molecule has 2 amide bonds. The second kappa shape index (κ2) is 9.26. The molecule has 1 aliphatic heterocycles. The van der Waals surface area contributed by atoms with E-state index < -0.39 is 0 Å². The van der Waals surface area contributed by atoms with Crippen molar-refractivity contribution in [3.8, 4) is 0 Å². The number of methoxy groups -OCH3 is 1. The molecule has 2 aromatic heterocycles. The van der Waals surface area contributed by atoms with E-state index in [1.54, 1.807) is 18.9 Å². The van der Waals surface area contributed by atoms with E-state index >= 15 is 0 Å². The Balaban J connectivity index is 1.89. The minimum Gasteiger partial charge on any atom is -0.383 e. The van der Waals surface area contributed by atoms with Crippen molar-refractivity contribution < 1.29 is 14.3 Å². The molecule has 0 bridgehead atoms. The van der Waals surface area contributed by atoms with Crippen LogP contribution >= 0.6 is 0 Å². The molecule has 1 saturated heterocycles. The van der Waals surface area contributed by atoms with Crippen LogP contribution < -0.4 is 4.90 Å². The predicted octanol–water partition coefficient (Wildman–Crippen LogP) is 1.67. The van der Waals surface area contributed by atoms with E-state index in [0.29, 0.717) is 38.3 Å². The summed E-state index contributed by atoms with van der Waals surface area (Å²) in [6.45, 7) is 10.3. The normalized spacial score (nSPS) is 14.5. The molecule has 0 radical (unpaired) electrons. The summed E-state index contributed by atoms with van der Waals surface area (Å²) in [4.78, 5) is 35.2. The average molecular weight is 402 g/mol. The Morgan fingerprint density at radius 2 is 1.83 bits per heavy atom. The number of carbonyl (C=O) groups excluding carboxylic acids is 2. The van der Waals surface area contributed by atoms with Crippen molar-refractivity contribution in [2.45, 2.75) is 27.2 Å². The second-order valence-corrected chi connectivity index (χ2v) is 7.25. The van der Waals surface area contributed by atoms with Crippen molar-refractivity contribution in [3.05, 3.63) is 29.6 Å². The van der Waals surface area contributed by atoms with Crippen molar-refractivity contribution in [3.63, 3.8) is 0 Å². The van der Waals surface area contributed by atoms with E-state index in [0.717, 1.165) is 36.7 Å². The zero-order chi connectivity index (χ0) is 21.0. The molecule has 0 aliphatic carbocycles. The highest BCUT2D eigenvalue weighted by Crippen LogP contribution is 2.24. The Kier molecular flexibility index (Phi) is 6.74. The fraction of sp³-hybridized carbons (Fsp3) is 0.571. The number of anilines is 1. The summed E-state index contributed by atoms with van der Waals surface area (Å²) < 4.78 is 7.29. The van der Waals surface area contributed by atoms with Gasteiger partial charge in [-0.05, 0) is 25.5 Å². The number of piperazine rings is 1. The van der Waals surface area contributed by atoms with Crippen molar-refractivity contribution in [2.75, 3.05) is 57.9 Å². The quantitative estimate of drug-likeness (QED) is 0.706. The Labute approximate surface area is 172 Å². The third-order valence-corrected chi connectivity index (χ3v) is 5.50.